The molecule has 4 N–H and O–H groups in total. The Morgan fingerprint density at radius 2 is 1.80 bits per heavy atom. The van der Waals surface area contributed by atoms with Crippen LogP contribution in [0, 0.1) is 0 Å². The van der Waals surface area contributed by atoms with Gasteiger partial charge in [-0.25, -0.2) is 0 Å². The zero-order valence-electron chi connectivity index (χ0n) is 11.6. The number of rotatable bonds is 6. The van der Waals surface area contributed by atoms with Crippen LogP contribution in [0.5, 0.6) is 11.5 Å². The molecule has 0 saturated heterocycles. The van der Waals surface area contributed by atoms with Crippen LogP contribution in [-0.2, 0) is 6.61 Å². The first kappa shape index (κ1) is 14.4. The van der Waals surface area contributed by atoms with Gasteiger partial charge in [0, 0.05) is 12.6 Å². The van der Waals surface area contributed by atoms with Gasteiger partial charge in [-0.05, 0) is 23.3 Å². The quantitative estimate of drug-likeness (QED) is 0.846. The van der Waals surface area contributed by atoms with E-state index >= 15 is 0 Å². The predicted molar refractivity (Wildman–Crippen MR) is 79.8 cm³/mol. The van der Waals surface area contributed by atoms with Crippen LogP contribution in [0.25, 0.3) is 0 Å². The van der Waals surface area contributed by atoms with Gasteiger partial charge in [0.25, 0.3) is 0 Å². The summed E-state index contributed by atoms with van der Waals surface area (Å²) in [6.07, 6.45) is 0. The summed E-state index contributed by atoms with van der Waals surface area (Å²) < 4.78 is 11.1. The topological polar surface area (TPSA) is 70.5 Å². The van der Waals surface area contributed by atoms with Crippen LogP contribution in [-0.4, -0.2) is 13.7 Å². The monoisotopic (exact) mass is 272 g/mol. The Hall–Kier alpha value is -2.04. The molecule has 0 spiro atoms. The molecule has 0 bridgehead atoms. The lowest BCUT2D eigenvalue weighted by Crippen LogP contribution is -2.20. The molecule has 0 aromatic heterocycles. The van der Waals surface area contributed by atoms with Gasteiger partial charge in [-0.1, -0.05) is 36.4 Å². The van der Waals surface area contributed by atoms with E-state index in [2.05, 4.69) is 0 Å². The van der Waals surface area contributed by atoms with Crippen LogP contribution in [0.1, 0.15) is 17.2 Å². The van der Waals surface area contributed by atoms with E-state index in [0.717, 1.165) is 11.1 Å². The molecular weight excluding hydrogens is 252 g/mol. The maximum atomic E-state index is 5.91. The number of ether oxygens (including phenoxy) is 2. The summed E-state index contributed by atoms with van der Waals surface area (Å²) in [4.78, 5) is 0. The first-order chi connectivity index (χ1) is 9.74. The molecule has 4 nitrogen and oxygen atoms in total. The largest absolute Gasteiger partial charge is 0.493 e. The van der Waals surface area contributed by atoms with Gasteiger partial charge in [-0.3, -0.25) is 0 Å². The predicted octanol–water partition coefficient (Wildman–Crippen LogP) is 2.23. The minimum Gasteiger partial charge on any atom is -0.493 e. The molecule has 0 unspecified atom stereocenters. The van der Waals surface area contributed by atoms with E-state index in [-0.39, 0.29) is 6.04 Å². The maximum absolute atomic E-state index is 5.91. The molecule has 2 aromatic rings. The van der Waals surface area contributed by atoms with Crippen molar-refractivity contribution in [3.8, 4) is 11.5 Å². The number of hydrogen-bond acceptors (Lipinski definition) is 4. The molecule has 0 aliphatic heterocycles. The van der Waals surface area contributed by atoms with Crippen LogP contribution >= 0.6 is 0 Å². The van der Waals surface area contributed by atoms with Crippen molar-refractivity contribution in [3.05, 3.63) is 59.7 Å². The summed E-state index contributed by atoms with van der Waals surface area (Å²) >= 11 is 0. The Bertz CT molecular complexity index is 543. The number of hydrogen-bond donors (Lipinski definition) is 2. The van der Waals surface area contributed by atoms with Crippen molar-refractivity contribution in [2.75, 3.05) is 13.7 Å². The van der Waals surface area contributed by atoms with Crippen molar-refractivity contribution in [1.29, 1.82) is 0 Å². The molecule has 0 saturated carbocycles. The van der Waals surface area contributed by atoms with Gasteiger partial charge >= 0.3 is 0 Å². The molecule has 0 amide bonds. The Labute approximate surface area is 119 Å². The van der Waals surface area contributed by atoms with Crippen LogP contribution in [0.2, 0.25) is 0 Å². The van der Waals surface area contributed by atoms with Crippen LogP contribution in [0.15, 0.2) is 48.5 Å². The number of nitrogens with two attached hydrogens (primary N) is 2. The zero-order valence-corrected chi connectivity index (χ0v) is 11.6. The van der Waals surface area contributed by atoms with E-state index in [4.69, 9.17) is 20.9 Å². The fraction of sp³-hybridized carbons (Fsp3) is 0.250. The summed E-state index contributed by atoms with van der Waals surface area (Å²) in [6, 6.07) is 15.5. The zero-order chi connectivity index (χ0) is 14.4. The number of benzene rings is 2. The molecule has 0 heterocycles. The summed E-state index contributed by atoms with van der Waals surface area (Å²) in [7, 11) is 1.61. The molecule has 0 aliphatic carbocycles. The SMILES string of the molecule is COc1cc([C@H](N)CN)ccc1OCc1ccccc1. The summed E-state index contributed by atoms with van der Waals surface area (Å²) in [5.41, 5.74) is 13.5. The van der Waals surface area contributed by atoms with Gasteiger partial charge < -0.3 is 20.9 Å². The highest BCUT2D eigenvalue weighted by Gasteiger charge is 2.10. The molecule has 1 atom stereocenters. The Kier molecular flexibility index (Phi) is 4.98. The summed E-state index contributed by atoms with van der Waals surface area (Å²) in [5.74, 6) is 1.37. The van der Waals surface area contributed by atoms with Gasteiger partial charge in [-0.15, -0.1) is 0 Å². The van der Waals surface area contributed by atoms with Crippen molar-refractivity contribution in [1.82, 2.24) is 0 Å². The smallest absolute Gasteiger partial charge is 0.161 e. The lowest BCUT2D eigenvalue weighted by atomic mass is 10.1. The second-order valence-corrected chi connectivity index (χ2v) is 4.53. The van der Waals surface area contributed by atoms with Crippen LogP contribution in [0.4, 0.5) is 0 Å². The normalized spacial score (nSPS) is 11.9. The molecule has 20 heavy (non-hydrogen) atoms. The van der Waals surface area contributed by atoms with Gasteiger partial charge in [0.15, 0.2) is 11.5 Å². The highest BCUT2D eigenvalue weighted by Crippen LogP contribution is 2.30. The van der Waals surface area contributed by atoms with Crippen molar-refractivity contribution in [3.63, 3.8) is 0 Å². The van der Waals surface area contributed by atoms with Gasteiger partial charge in [-0.2, -0.15) is 0 Å². The van der Waals surface area contributed by atoms with Crippen molar-refractivity contribution in [2.24, 2.45) is 11.5 Å². The van der Waals surface area contributed by atoms with Gasteiger partial charge in [0.05, 0.1) is 7.11 Å². The van der Waals surface area contributed by atoms with Crippen molar-refractivity contribution in [2.45, 2.75) is 12.6 Å². The Morgan fingerprint density at radius 3 is 2.45 bits per heavy atom. The molecule has 2 aromatic carbocycles. The van der Waals surface area contributed by atoms with E-state index in [1.54, 1.807) is 7.11 Å². The molecule has 106 valence electrons. The second kappa shape index (κ2) is 6.93. The lowest BCUT2D eigenvalue weighted by Gasteiger charge is -2.14. The van der Waals surface area contributed by atoms with Gasteiger partial charge in [0.2, 0.25) is 0 Å². The van der Waals surface area contributed by atoms with Gasteiger partial charge in [0.1, 0.15) is 6.61 Å². The third-order valence-corrected chi connectivity index (χ3v) is 3.11. The fourth-order valence-electron chi connectivity index (χ4n) is 1.91. The average Bonchev–Trinajstić information content (AvgIpc) is 2.53. The third kappa shape index (κ3) is 3.50. The lowest BCUT2D eigenvalue weighted by molar-refractivity contribution is 0.284. The summed E-state index contributed by atoms with van der Waals surface area (Å²) in [5, 5.41) is 0. The highest BCUT2D eigenvalue weighted by molar-refractivity contribution is 5.44. The number of methoxy groups -OCH3 is 1. The average molecular weight is 272 g/mol. The van der Waals surface area contributed by atoms with Crippen LogP contribution < -0.4 is 20.9 Å². The minimum absolute atomic E-state index is 0.188. The van der Waals surface area contributed by atoms with Crippen molar-refractivity contribution >= 4 is 0 Å². The minimum atomic E-state index is -0.188. The molecule has 4 heteroatoms. The highest BCUT2D eigenvalue weighted by atomic mass is 16.5. The molecule has 0 aliphatic rings. The van der Waals surface area contributed by atoms with E-state index < -0.39 is 0 Å². The fourth-order valence-corrected chi connectivity index (χ4v) is 1.91. The third-order valence-electron chi connectivity index (χ3n) is 3.11. The first-order valence-corrected chi connectivity index (χ1v) is 6.55. The standard InChI is InChI=1S/C16H20N2O2/c1-19-16-9-13(14(18)10-17)7-8-15(16)20-11-12-5-3-2-4-6-12/h2-9,14H,10-11,17-18H2,1H3/t14-/m1/s1. The molecule has 0 fully saturated rings. The van der Waals surface area contributed by atoms with E-state index in [9.17, 15) is 0 Å². The molecular formula is C16H20N2O2. The van der Waals surface area contributed by atoms with E-state index in [1.807, 2.05) is 48.5 Å². The maximum Gasteiger partial charge on any atom is 0.161 e. The Morgan fingerprint density at radius 1 is 1.05 bits per heavy atom. The molecule has 2 rings (SSSR count). The molecule has 0 radical (unpaired) electrons. The second-order valence-electron chi connectivity index (χ2n) is 4.53. The summed E-state index contributed by atoms with van der Waals surface area (Å²) in [6.45, 7) is 0.896. The first-order valence-electron chi connectivity index (χ1n) is 6.55. The van der Waals surface area contributed by atoms with E-state index in [1.165, 1.54) is 0 Å². The van der Waals surface area contributed by atoms with E-state index in [0.29, 0.717) is 24.7 Å². The Balaban J connectivity index is 2.11. The van der Waals surface area contributed by atoms with Crippen LogP contribution in [0.3, 0.4) is 0 Å². The van der Waals surface area contributed by atoms with Crippen molar-refractivity contribution < 1.29 is 9.47 Å².